The molecule has 0 radical (unpaired) electrons. The third kappa shape index (κ3) is 6.34. The van der Waals surface area contributed by atoms with Crippen LogP contribution in [0.15, 0.2) is 47.1 Å². The van der Waals surface area contributed by atoms with Crippen molar-refractivity contribution in [1.29, 1.82) is 0 Å². The van der Waals surface area contributed by atoms with Gasteiger partial charge in [-0.1, -0.05) is 33.3 Å². The van der Waals surface area contributed by atoms with Crippen LogP contribution in [0.2, 0.25) is 0 Å². The molecule has 1 fully saturated rings. The van der Waals surface area contributed by atoms with E-state index in [9.17, 15) is 4.39 Å². The van der Waals surface area contributed by atoms with E-state index in [-0.39, 0.29) is 7.24 Å². The third-order valence-electron chi connectivity index (χ3n) is 6.24. The monoisotopic (exact) mass is 511 g/mol. The molecule has 3 aromatic heterocycles. The highest BCUT2D eigenvalue weighted by atomic mass is 19.1. The van der Waals surface area contributed by atoms with Crippen molar-refractivity contribution in [3.8, 4) is 28.8 Å². The molecular weight excluding hydrogens is 473 g/mol. The maximum atomic E-state index is 12.5. The number of furan rings is 1. The molecule has 1 aliphatic rings. The first-order chi connectivity index (χ1) is 17.9. The zero-order valence-corrected chi connectivity index (χ0v) is 22.7. The summed E-state index contributed by atoms with van der Waals surface area (Å²) in [6, 6.07) is 9.38. The maximum absolute atomic E-state index is 12.5. The summed E-state index contributed by atoms with van der Waals surface area (Å²) in [4.78, 5) is 8.05. The summed E-state index contributed by atoms with van der Waals surface area (Å²) < 4.78 is 31.1. The average Bonchev–Trinajstić information content (AvgIpc) is 3.65. The molecule has 2 atom stereocenters. The van der Waals surface area contributed by atoms with Crippen LogP contribution >= 0.6 is 0 Å². The zero-order chi connectivity index (χ0) is 26.9. The summed E-state index contributed by atoms with van der Waals surface area (Å²) in [6.45, 7) is 9.98. The van der Waals surface area contributed by atoms with E-state index in [0.717, 1.165) is 23.7 Å². The summed E-state index contributed by atoms with van der Waals surface area (Å²) in [5, 5.41) is 8.41. The Morgan fingerprint density at radius 2 is 1.62 bits per heavy atom. The van der Waals surface area contributed by atoms with E-state index < -0.39 is 0 Å². The number of rotatable bonds is 5. The Balaban J connectivity index is 0.000000271. The van der Waals surface area contributed by atoms with Gasteiger partial charge in [-0.15, -0.1) is 10.2 Å². The highest BCUT2D eigenvalue weighted by molar-refractivity contribution is 5.63. The Kier molecular flexibility index (Phi) is 9.77. The summed E-state index contributed by atoms with van der Waals surface area (Å²) >= 11 is 0. The van der Waals surface area contributed by atoms with Crippen molar-refractivity contribution < 1.29 is 19.7 Å². The molecule has 9 heteroatoms. The number of nitrogens with zero attached hydrogens (tertiary/aromatic N) is 5. The van der Waals surface area contributed by atoms with Gasteiger partial charge in [0.25, 0.3) is 0 Å². The minimum absolute atomic E-state index is 0. The Morgan fingerprint density at radius 3 is 2.14 bits per heavy atom. The first-order valence-corrected chi connectivity index (χ1v) is 12.6. The topological polar surface area (TPSA) is 88.1 Å². The molecule has 1 saturated carbocycles. The maximum Gasteiger partial charge on any atom is 0.204 e. The van der Waals surface area contributed by atoms with Crippen molar-refractivity contribution in [1.82, 2.24) is 24.7 Å². The van der Waals surface area contributed by atoms with Crippen LogP contribution in [-0.4, -0.2) is 39.0 Å². The molecule has 1 aromatic carbocycles. The van der Waals surface area contributed by atoms with E-state index in [1.165, 1.54) is 25.2 Å². The number of aromatic nitrogens is 5. The van der Waals surface area contributed by atoms with Crippen LogP contribution in [0.25, 0.3) is 17.3 Å². The Labute approximate surface area is 219 Å². The second-order valence-electron chi connectivity index (χ2n) is 8.60. The van der Waals surface area contributed by atoms with Crippen molar-refractivity contribution in [2.75, 3.05) is 14.2 Å². The molecule has 0 saturated heterocycles. The minimum Gasteiger partial charge on any atom is -0.494 e. The molecule has 200 valence electrons. The number of hydrogen-bond donors (Lipinski definition) is 0. The molecule has 5 rings (SSSR count). The van der Waals surface area contributed by atoms with E-state index in [0.29, 0.717) is 40.7 Å². The minimum atomic E-state index is -0.352. The highest BCUT2D eigenvalue weighted by Crippen LogP contribution is 2.37. The van der Waals surface area contributed by atoms with Gasteiger partial charge < -0.3 is 13.9 Å². The van der Waals surface area contributed by atoms with Gasteiger partial charge in [-0.3, -0.25) is 4.57 Å². The number of aryl methyl sites for hydroxylation is 2. The normalized spacial score (nSPS) is 16.3. The predicted octanol–water partition coefficient (Wildman–Crippen LogP) is 6.95. The van der Waals surface area contributed by atoms with Crippen LogP contribution in [0.1, 0.15) is 64.8 Å². The summed E-state index contributed by atoms with van der Waals surface area (Å²) in [7, 11) is 3.24. The van der Waals surface area contributed by atoms with Crippen molar-refractivity contribution in [3.05, 3.63) is 66.0 Å². The summed E-state index contributed by atoms with van der Waals surface area (Å²) in [6.07, 6.45) is 6.14. The average molecular weight is 512 g/mol. The molecule has 0 aliphatic heterocycles. The first kappa shape index (κ1) is 27.8. The van der Waals surface area contributed by atoms with E-state index in [2.05, 4.69) is 27.1 Å². The van der Waals surface area contributed by atoms with Crippen molar-refractivity contribution in [2.45, 2.75) is 59.8 Å². The second kappa shape index (κ2) is 13.0. The highest BCUT2D eigenvalue weighted by Gasteiger charge is 2.27. The van der Waals surface area contributed by atoms with Gasteiger partial charge in [0.1, 0.15) is 34.6 Å². The molecular formula is C28H38FN5O3. The number of benzene rings is 1. The lowest BCUT2D eigenvalue weighted by molar-refractivity contribution is 0.390. The number of halogens is 1. The van der Waals surface area contributed by atoms with E-state index in [1.807, 2.05) is 62.6 Å². The molecule has 0 bridgehead atoms. The lowest BCUT2D eigenvalue weighted by atomic mass is 9.97. The van der Waals surface area contributed by atoms with Gasteiger partial charge in [-0.25, -0.2) is 14.4 Å². The number of ether oxygens (including phenoxy) is 2. The largest absolute Gasteiger partial charge is 0.494 e. The van der Waals surface area contributed by atoms with E-state index in [4.69, 9.17) is 13.9 Å². The molecule has 0 N–H and O–H groups in total. The van der Waals surface area contributed by atoms with Gasteiger partial charge in [-0.2, -0.15) is 0 Å². The van der Waals surface area contributed by atoms with Crippen molar-refractivity contribution >= 4 is 0 Å². The first-order valence-electron chi connectivity index (χ1n) is 12.6. The van der Waals surface area contributed by atoms with Gasteiger partial charge in [0.15, 0.2) is 11.6 Å². The molecule has 37 heavy (non-hydrogen) atoms. The third-order valence-corrected chi connectivity index (χ3v) is 6.24. The van der Waals surface area contributed by atoms with Crippen molar-refractivity contribution in [3.63, 3.8) is 0 Å². The molecule has 8 nitrogen and oxygen atoms in total. The molecule has 1 aliphatic carbocycles. The van der Waals surface area contributed by atoms with Crippen LogP contribution in [-0.2, 0) is 0 Å². The molecule has 0 spiro atoms. The fourth-order valence-corrected chi connectivity index (χ4v) is 4.44. The number of methoxy groups -OCH3 is 2. The van der Waals surface area contributed by atoms with Crippen molar-refractivity contribution in [2.24, 2.45) is 5.92 Å². The predicted molar refractivity (Wildman–Crippen MR) is 143 cm³/mol. The zero-order valence-electron chi connectivity index (χ0n) is 22.7. The molecule has 0 amide bonds. The van der Waals surface area contributed by atoms with Gasteiger partial charge in [0.05, 0.1) is 26.6 Å². The quantitative estimate of drug-likeness (QED) is 0.286. The van der Waals surface area contributed by atoms with E-state index >= 15 is 0 Å². The second-order valence-corrected chi connectivity index (χ2v) is 8.60. The van der Waals surface area contributed by atoms with Crippen LogP contribution in [0.5, 0.6) is 11.5 Å². The van der Waals surface area contributed by atoms with Crippen LogP contribution in [0.4, 0.5) is 4.39 Å². The Bertz CT molecular complexity index is 1250. The summed E-state index contributed by atoms with van der Waals surface area (Å²) in [5.41, 5.74) is 0.749. The fourth-order valence-electron chi connectivity index (χ4n) is 4.44. The van der Waals surface area contributed by atoms with Gasteiger partial charge >= 0.3 is 0 Å². The van der Waals surface area contributed by atoms with Gasteiger partial charge in [0, 0.05) is 7.34 Å². The van der Waals surface area contributed by atoms with Gasteiger partial charge in [0.2, 0.25) is 5.82 Å². The molecule has 3 heterocycles. The SMILES string of the molecule is CC.COc1cccc(OC)c1-n1c(C)nnc1-c1ccc(C)o1.C[C@H]1CCC[C@@H]1c1ncc(F)cn1.[HH]. The lowest BCUT2D eigenvalue weighted by Crippen LogP contribution is -2.06. The smallest absolute Gasteiger partial charge is 0.204 e. The Hall–Kier alpha value is -3.75. The standard InChI is InChI=1S/C16H17N3O3.C10H13FN2.C2H6.H2/c1-10-8-9-14(22-10)16-18-17-11(2)19(16)15-12(20-3)6-5-7-13(15)21-4;1-7-3-2-4-9(7)10-12-5-8(11)6-13-10;1-2;/h5-9H,1-4H3;5-7,9H,2-4H2,1H3;1-2H3;1H/t;7-,9-;;/m.0../s1. The van der Waals surface area contributed by atoms with Gasteiger partial charge in [-0.05, 0) is 56.9 Å². The molecule has 0 unspecified atom stereocenters. The lowest BCUT2D eigenvalue weighted by Gasteiger charge is -2.15. The van der Waals surface area contributed by atoms with Crippen LogP contribution in [0.3, 0.4) is 0 Å². The Morgan fingerprint density at radius 1 is 0.973 bits per heavy atom. The number of para-hydroxylation sites is 1. The fraction of sp³-hybridized carbons (Fsp3) is 0.429. The van der Waals surface area contributed by atoms with Crippen LogP contribution in [0, 0.1) is 25.6 Å². The van der Waals surface area contributed by atoms with Crippen LogP contribution < -0.4 is 9.47 Å². The molecule has 4 aromatic rings. The summed E-state index contributed by atoms with van der Waals surface area (Å²) in [5.74, 6) is 5.67. The number of hydrogen-bond acceptors (Lipinski definition) is 7. The van der Waals surface area contributed by atoms with E-state index in [1.54, 1.807) is 14.2 Å².